The maximum atomic E-state index is 13.0. The van der Waals surface area contributed by atoms with Crippen LogP contribution in [0.4, 0.5) is 0 Å². The van der Waals surface area contributed by atoms with Crippen LogP contribution < -0.4 is 0 Å². The van der Waals surface area contributed by atoms with Gasteiger partial charge in [-0.2, -0.15) is 0 Å². The largest absolute Gasteiger partial charge is 0.483 e. The average molecular weight is 525 g/mol. The number of ether oxygens (including phenoxy) is 2. The van der Waals surface area contributed by atoms with Crippen molar-refractivity contribution < 1.29 is 14.3 Å². The molecule has 0 N–H and O–H groups in total. The van der Waals surface area contributed by atoms with Gasteiger partial charge in [0.25, 0.3) is 0 Å². The van der Waals surface area contributed by atoms with Gasteiger partial charge in [0.1, 0.15) is 12.2 Å². The molecule has 214 valence electrons. The molecule has 4 aliphatic carbocycles. The Morgan fingerprint density at radius 2 is 1.82 bits per heavy atom. The first-order chi connectivity index (χ1) is 18.0. The second kappa shape index (κ2) is 10.6. The summed E-state index contributed by atoms with van der Waals surface area (Å²) >= 11 is 0. The van der Waals surface area contributed by atoms with Gasteiger partial charge in [0.05, 0.1) is 0 Å². The monoisotopic (exact) mass is 524 g/mol. The van der Waals surface area contributed by atoms with Crippen LogP contribution in [0.1, 0.15) is 126 Å². The molecule has 0 amide bonds. The summed E-state index contributed by atoms with van der Waals surface area (Å²) in [5.74, 6) is 5.65. The van der Waals surface area contributed by atoms with Crippen LogP contribution in [-0.4, -0.2) is 18.2 Å². The molecule has 0 bridgehead atoms. The van der Waals surface area contributed by atoms with Gasteiger partial charge in [-0.15, -0.1) is 0 Å². The standard InChI is InChI=1S/C35H56O3/c1-21(2)10-9-11-22(3)29-14-15-30-28-13-12-26-20-27(38-33(36)32-24(5)23(4)25(6)37-32)16-18-34(26,7)31(28)17-19-35(29,30)8/h12,21-23,25,27-31H,9-11,13-20H2,1-8H3/t22-,23?,25-,27+,28+,29-,30+,31+,34+,35-/m1/s1. The first-order valence-electron chi connectivity index (χ1n) is 16.2. The average Bonchev–Trinajstić information content (AvgIpc) is 3.35. The van der Waals surface area contributed by atoms with E-state index in [1.165, 1.54) is 51.4 Å². The van der Waals surface area contributed by atoms with Crippen LogP contribution in [0.2, 0.25) is 0 Å². The lowest BCUT2D eigenvalue weighted by Gasteiger charge is -2.58. The van der Waals surface area contributed by atoms with Crippen LogP contribution in [0.5, 0.6) is 0 Å². The highest BCUT2D eigenvalue weighted by molar-refractivity contribution is 5.88. The van der Waals surface area contributed by atoms with Gasteiger partial charge in [-0.3, -0.25) is 0 Å². The zero-order valence-electron chi connectivity index (χ0n) is 25.8. The lowest BCUT2D eigenvalue weighted by molar-refractivity contribution is -0.151. The van der Waals surface area contributed by atoms with Gasteiger partial charge in [-0.1, -0.05) is 72.5 Å². The molecule has 5 aliphatic rings. The third-order valence-corrected chi connectivity index (χ3v) is 12.8. The molecule has 3 heteroatoms. The van der Waals surface area contributed by atoms with Gasteiger partial charge in [-0.25, -0.2) is 4.79 Å². The van der Waals surface area contributed by atoms with E-state index in [0.717, 1.165) is 60.3 Å². The molecular formula is C35H56O3. The Kier molecular flexibility index (Phi) is 7.91. The second-order valence-corrected chi connectivity index (χ2v) is 15.2. The SMILES string of the molecule is CC1=C(C(=O)O[C@H]2CC[C@@]3(C)C(=CC[C@H]4[C@@H]5CC[C@H]([C@H](C)CCCC(C)C)[C@@]5(C)CC[C@@H]43)C2)O[C@H](C)C1C. The predicted molar refractivity (Wildman–Crippen MR) is 155 cm³/mol. The van der Waals surface area contributed by atoms with Gasteiger partial charge in [0.2, 0.25) is 5.76 Å². The Morgan fingerprint density at radius 3 is 2.50 bits per heavy atom. The third-order valence-electron chi connectivity index (χ3n) is 12.8. The van der Waals surface area contributed by atoms with E-state index in [2.05, 4.69) is 47.6 Å². The fourth-order valence-corrected chi connectivity index (χ4v) is 10.1. The molecule has 1 aliphatic heterocycles. The zero-order chi connectivity index (χ0) is 27.4. The summed E-state index contributed by atoms with van der Waals surface area (Å²) in [7, 11) is 0. The number of carbonyl (C=O) groups is 1. The molecule has 5 rings (SSSR count). The maximum Gasteiger partial charge on any atom is 0.373 e. The van der Waals surface area contributed by atoms with Crippen molar-refractivity contribution in [1.82, 2.24) is 0 Å². The van der Waals surface area contributed by atoms with Crippen molar-refractivity contribution in [3.63, 3.8) is 0 Å². The number of esters is 1. The van der Waals surface area contributed by atoms with Crippen molar-refractivity contribution in [2.24, 2.45) is 52.3 Å². The highest BCUT2D eigenvalue weighted by Crippen LogP contribution is 2.67. The molecule has 0 aromatic heterocycles. The van der Waals surface area contributed by atoms with E-state index < -0.39 is 0 Å². The predicted octanol–water partition coefficient (Wildman–Crippen LogP) is 9.27. The molecule has 0 saturated heterocycles. The minimum Gasteiger partial charge on any atom is -0.483 e. The van der Waals surface area contributed by atoms with E-state index in [9.17, 15) is 4.79 Å². The van der Waals surface area contributed by atoms with Crippen LogP contribution in [-0.2, 0) is 14.3 Å². The molecular weight excluding hydrogens is 468 g/mol. The van der Waals surface area contributed by atoms with Crippen LogP contribution in [0.3, 0.4) is 0 Å². The van der Waals surface area contributed by atoms with Crippen molar-refractivity contribution in [2.75, 3.05) is 0 Å². The lowest BCUT2D eigenvalue weighted by atomic mass is 9.47. The van der Waals surface area contributed by atoms with E-state index in [0.29, 0.717) is 11.2 Å². The fourth-order valence-electron chi connectivity index (χ4n) is 10.1. The minimum absolute atomic E-state index is 0.00936. The molecule has 3 nitrogen and oxygen atoms in total. The van der Waals surface area contributed by atoms with E-state index in [-0.39, 0.29) is 29.5 Å². The number of fused-ring (bicyclic) bond motifs is 5. The highest BCUT2D eigenvalue weighted by Gasteiger charge is 2.59. The zero-order valence-corrected chi connectivity index (χ0v) is 25.8. The van der Waals surface area contributed by atoms with Crippen molar-refractivity contribution >= 4 is 5.97 Å². The van der Waals surface area contributed by atoms with E-state index in [1.54, 1.807) is 5.57 Å². The van der Waals surface area contributed by atoms with Crippen LogP contribution >= 0.6 is 0 Å². The number of allylic oxidation sites excluding steroid dienone is 1. The van der Waals surface area contributed by atoms with Gasteiger partial charge < -0.3 is 9.47 Å². The summed E-state index contributed by atoms with van der Waals surface area (Å²) in [6.07, 6.45) is 16.9. The van der Waals surface area contributed by atoms with E-state index in [4.69, 9.17) is 9.47 Å². The van der Waals surface area contributed by atoms with Crippen molar-refractivity contribution in [3.8, 4) is 0 Å². The summed E-state index contributed by atoms with van der Waals surface area (Å²) in [4.78, 5) is 13.0. The molecule has 3 saturated carbocycles. The normalized spacial score (nSPS) is 43.2. The first kappa shape index (κ1) is 28.3. The summed E-state index contributed by atoms with van der Waals surface area (Å²) in [6, 6.07) is 0. The summed E-state index contributed by atoms with van der Waals surface area (Å²) in [5.41, 5.74) is 3.45. The molecule has 38 heavy (non-hydrogen) atoms. The number of hydrogen-bond acceptors (Lipinski definition) is 3. The molecule has 0 radical (unpaired) electrons. The smallest absolute Gasteiger partial charge is 0.373 e. The quantitative estimate of drug-likeness (QED) is 0.246. The van der Waals surface area contributed by atoms with Crippen molar-refractivity contribution in [3.05, 3.63) is 23.0 Å². The number of carbonyl (C=O) groups excluding carboxylic acids is 1. The third kappa shape index (κ3) is 4.81. The molecule has 0 aromatic rings. The Bertz CT molecular complexity index is 960. The van der Waals surface area contributed by atoms with Gasteiger partial charge >= 0.3 is 5.97 Å². The number of hydrogen-bond donors (Lipinski definition) is 0. The number of rotatable bonds is 7. The molecule has 1 heterocycles. The van der Waals surface area contributed by atoms with Gasteiger partial charge in [0.15, 0.2) is 0 Å². The molecule has 0 spiro atoms. The second-order valence-electron chi connectivity index (χ2n) is 15.2. The maximum absolute atomic E-state index is 13.0. The van der Waals surface area contributed by atoms with E-state index >= 15 is 0 Å². The van der Waals surface area contributed by atoms with Crippen LogP contribution in [0.15, 0.2) is 23.0 Å². The first-order valence-corrected chi connectivity index (χ1v) is 16.2. The van der Waals surface area contributed by atoms with Crippen LogP contribution in [0, 0.1) is 52.3 Å². The van der Waals surface area contributed by atoms with Gasteiger partial charge in [-0.05, 0) is 111 Å². The van der Waals surface area contributed by atoms with Crippen molar-refractivity contribution in [1.29, 1.82) is 0 Å². The summed E-state index contributed by atoms with van der Waals surface area (Å²) < 4.78 is 12.0. The Morgan fingerprint density at radius 1 is 1.05 bits per heavy atom. The Hall–Kier alpha value is -1.25. The Balaban J connectivity index is 1.24. The molecule has 10 atom stereocenters. The summed E-state index contributed by atoms with van der Waals surface area (Å²) in [5, 5.41) is 0. The Labute approximate surface area is 233 Å². The topological polar surface area (TPSA) is 35.5 Å². The van der Waals surface area contributed by atoms with Crippen LogP contribution in [0.25, 0.3) is 0 Å². The molecule has 0 aromatic carbocycles. The minimum atomic E-state index is -0.241. The lowest BCUT2D eigenvalue weighted by Crippen LogP contribution is -2.51. The van der Waals surface area contributed by atoms with Crippen molar-refractivity contribution in [2.45, 2.75) is 138 Å². The fraction of sp³-hybridized carbons (Fsp3) is 0.857. The van der Waals surface area contributed by atoms with E-state index in [1.807, 2.05) is 13.8 Å². The summed E-state index contributed by atoms with van der Waals surface area (Å²) in [6.45, 7) is 18.7. The molecule has 3 fully saturated rings. The van der Waals surface area contributed by atoms with Gasteiger partial charge in [0, 0.05) is 12.3 Å². The highest BCUT2D eigenvalue weighted by atomic mass is 16.6. The molecule has 1 unspecified atom stereocenters.